The monoisotopic (exact) mass is 190 g/mol. The molecule has 1 atom stereocenters. The summed E-state index contributed by atoms with van der Waals surface area (Å²) in [6.45, 7) is 3.22. The fourth-order valence-electron chi connectivity index (χ4n) is 2.05. The third-order valence-corrected chi connectivity index (χ3v) is 3.01. The summed E-state index contributed by atoms with van der Waals surface area (Å²) >= 11 is 0. The Morgan fingerprint density at radius 3 is 2.86 bits per heavy atom. The lowest BCUT2D eigenvalue weighted by Crippen LogP contribution is -2.26. The first-order chi connectivity index (χ1) is 6.77. The molecule has 0 amide bonds. The molecule has 2 nitrogen and oxygen atoms in total. The SMILES string of the molecule is Cc1cc([C@@H]2CCCCN2)ccc1N. The maximum absolute atomic E-state index is 5.80. The van der Waals surface area contributed by atoms with Crippen molar-refractivity contribution in [2.75, 3.05) is 12.3 Å². The number of aryl methyl sites for hydroxylation is 1. The lowest BCUT2D eigenvalue weighted by Gasteiger charge is -2.24. The Bertz CT molecular complexity index is 314. The standard InChI is InChI=1S/C12H18N2/c1-9-8-10(5-6-11(9)13)12-4-2-3-7-14-12/h5-6,8,12,14H,2-4,7,13H2,1H3/t12-/m0/s1. The first kappa shape index (κ1) is 9.53. The second kappa shape index (κ2) is 4.01. The number of nitrogens with two attached hydrogens (primary N) is 1. The summed E-state index contributed by atoms with van der Waals surface area (Å²) < 4.78 is 0. The van der Waals surface area contributed by atoms with Gasteiger partial charge in [-0.1, -0.05) is 18.6 Å². The normalized spacial score (nSPS) is 22.2. The van der Waals surface area contributed by atoms with Gasteiger partial charge < -0.3 is 11.1 Å². The molecular formula is C12H18N2. The molecule has 3 N–H and O–H groups in total. The molecular weight excluding hydrogens is 172 g/mol. The van der Waals surface area contributed by atoms with Gasteiger partial charge in [-0.2, -0.15) is 0 Å². The van der Waals surface area contributed by atoms with Gasteiger partial charge in [-0.05, 0) is 43.5 Å². The van der Waals surface area contributed by atoms with Crippen LogP contribution in [0.1, 0.15) is 36.4 Å². The van der Waals surface area contributed by atoms with Gasteiger partial charge >= 0.3 is 0 Å². The summed E-state index contributed by atoms with van der Waals surface area (Å²) in [7, 11) is 0. The molecule has 1 fully saturated rings. The molecule has 0 saturated carbocycles. The second-order valence-corrected chi connectivity index (χ2v) is 4.12. The van der Waals surface area contributed by atoms with E-state index in [0.717, 1.165) is 12.2 Å². The van der Waals surface area contributed by atoms with Crippen LogP contribution >= 0.6 is 0 Å². The van der Waals surface area contributed by atoms with Crippen molar-refractivity contribution in [3.63, 3.8) is 0 Å². The minimum Gasteiger partial charge on any atom is -0.399 e. The minimum atomic E-state index is 0.544. The average Bonchev–Trinajstić information content (AvgIpc) is 2.23. The fourth-order valence-corrected chi connectivity index (χ4v) is 2.05. The number of rotatable bonds is 1. The maximum atomic E-state index is 5.80. The van der Waals surface area contributed by atoms with Crippen LogP contribution in [0.25, 0.3) is 0 Å². The number of piperidine rings is 1. The topological polar surface area (TPSA) is 38.0 Å². The van der Waals surface area contributed by atoms with Gasteiger partial charge in [0.05, 0.1) is 0 Å². The van der Waals surface area contributed by atoms with E-state index >= 15 is 0 Å². The maximum Gasteiger partial charge on any atom is 0.0343 e. The number of nitrogen functional groups attached to an aromatic ring is 1. The fraction of sp³-hybridized carbons (Fsp3) is 0.500. The van der Waals surface area contributed by atoms with Gasteiger partial charge in [0.2, 0.25) is 0 Å². The zero-order chi connectivity index (χ0) is 9.97. The van der Waals surface area contributed by atoms with Crippen LogP contribution in [0.4, 0.5) is 5.69 Å². The summed E-state index contributed by atoms with van der Waals surface area (Å²) in [6, 6.07) is 6.91. The summed E-state index contributed by atoms with van der Waals surface area (Å²) in [5, 5.41) is 3.54. The number of hydrogen-bond donors (Lipinski definition) is 2. The summed E-state index contributed by atoms with van der Waals surface area (Å²) in [5.74, 6) is 0. The second-order valence-electron chi connectivity index (χ2n) is 4.12. The molecule has 1 aliphatic heterocycles. The predicted octanol–water partition coefficient (Wildman–Crippen LogP) is 2.39. The third-order valence-electron chi connectivity index (χ3n) is 3.01. The summed E-state index contributed by atoms with van der Waals surface area (Å²) in [4.78, 5) is 0. The van der Waals surface area contributed by atoms with Crippen LogP contribution in [0.5, 0.6) is 0 Å². The first-order valence-electron chi connectivity index (χ1n) is 5.37. The highest BCUT2D eigenvalue weighted by atomic mass is 14.9. The zero-order valence-electron chi connectivity index (χ0n) is 8.72. The molecule has 1 saturated heterocycles. The van der Waals surface area contributed by atoms with Crippen molar-refractivity contribution in [2.24, 2.45) is 0 Å². The van der Waals surface area contributed by atoms with E-state index in [2.05, 4.69) is 24.4 Å². The van der Waals surface area contributed by atoms with Crippen molar-refractivity contribution in [1.82, 2.24) is 5.32 Å². The molecule has 76 valence electrons. The Morgan fingerprint density at radius 2 is 2.21 bits per heavy atom. The molecule has 14 heavy (non-hydrogen) atoms. The molecule has 2 rings (SSSR count). The average molecular weight is 190 g/mol. The Hall–Kier alpha value is -1.02. The van der Waals surface area contributed by atoms with E-state index in [1.165, 1.54) is 30.4 Å². The Balaban J connectivity index is 2.18. The molecule has 0 aromatic heterocycles. The molecule has 1 aromatic carbocycles. The van der Waals surface area contributed by atoms with Crippen molar-refractivity contribution >= 4 is 5.69 Å². The molecule has 0 spiro atoms. The quantitative estimate of drug-likeness (QED) is 0.667. The highest BCUT2D eigenvalue weighted by molar-refractivity contribution is 5.48. The van der Waals surface area contributed by atoms with Crippen molar-refractivity contribution < 1.29 is 0 Å². The lowest BCUT2D eigenvalue weighted by atomic mass is 9.96. The number of anilines is 1. The zero-order valence-corrected chi connectivity index (χ0v) is 8.72. The minimum absolute atomic E-state index is 0.544. The number of benzene rings is 1. The van der Waals surface area contributed by atoms with E-state index in [0.29, 0.717) is 6.04 Å². The van der Waals surface area contributed by atoms with E-state index in [1.807, 2.05) is 6.07 Å². The predicted molar refractivity (Wildman–Crippen MR) is 60.2 cm³/mol. The highest BCUT2D eigenvalue weighted by Gasteiger charge is 2.14. The van der Waals surface area contributed by atoms with Crippen LogP contribution in [-0.2, 0) is 0 Å². The molecule has 1 aromatic rings. The molecule has 2 heteroatoms. The van der Waals surface area contributed by atoms with E-state index in [9.17, 15) is 0 Å². The van der Waals surface area contributed by atoms with E-state index in [4.69, 9.17) is 5.73 Å². The van der Waals surface area contributed by atoms with Gasteiger partial charge in [0, 0.05) is 11.7 Å². The largest absolute Gasteiger partial charge is 0.399 e. The van der Waals surface area contributed by atoms with E-state index in [1.54, 1.807) is 0 Å². The van der Waals surface area contributed by atoms with Crippen molar-refractivity contribution in [1.29, 1.82) is 0 Å². The Morgan fingerprint density at radius 1 is 1.36 bits per heavy atom. The van der Waals surface area contributed by atoms with Crippen molar-refractivity contribution in [2.45, 2.75) is 32.2 Å². The summed E-state index contributed by atoms with van der Waals surface area (Å²) in [5.41, 5.74) is 9.27. The molecule has 0 unspecified atom stereocenters. The number of nitrogens with one attached hydrogen (secondary N) is 1. The molecule has 0 bridgehead atoms. The molecule has 0 aliphatic carbocycles. The van der Waals surface area contributed by atoms with Gasteiger partial charge in [0.15, 0.2) is 0 Å². The van der Waals surface area contributed by atoms with Crippen LogP contribution in [0.15, 0.2) is 18.2 Å². The van der Waals surface area contributed by atoms with Gasteiger partial charge in [-0.15, -0.1) is 0 Å². The van der Waals surface area contributed by atoms with Crippen LogP contribution in [0.3, 0.4) is 0 Å². The Kier molecular flexibility index (Phi) is 2.73. The van der Waals surface area contributed by atoms with Gasteiger partial charge in [-0.25, -0.2) is 0 Å². The van der Waals surface area contributed by atoms with Crippen molar-refractivity contribution in [3.05, 3.63) is 29.3 Å². The Labute approximate surface area is 85.5 Å². The van der Waals surface area contributed by atoms with Gasteiger partial charge in [0.1, 0.15) is 0 Å². The summed E-state index contributed by atoms with van der Waals surface area (Å²) in [6.07, 6.45) is 3.90. The number of hydrogen-bond acceptors (Lipinski definition) is 2. The molecule has 1 aliphatic rings. The lowest BCUT2D eigenvalue weighted by molar-refractivity contribution is 0.412. The van der Waals surface area contributed by atoms with Gasteiger partial charge in [-0.3, -0.25) is 0 Å². The molecule has 0 radical (unpaired) electrons. The highest BCUT2D eigenvalue weighted by Crippen LogP contribution is 2.25. The van der Waals surface area contributed by atoms with Crippen LogP contribution in [-0.4, -0.2) is 6.54 Å². The van der Waals surface area contributed by atoms with Crippen LogP contribution in [0.2, 0.25) is 0 Å². The smallest absolute Gasteiger partial charge is 0.0343 e. The van der Waals surface area contributed by atoms with Crippen LogP contribution in [0, 0.1) is 6.92 Å². The van der Waals surface area contributed by atoms with E-state index in [-0.39, 0.29) is 0 Å². The first-order valence-corrected chi connectivity index (χ1v) is 5.37. The molecule has 1 heterocycles. The van der Waals surface area contributed by atoms with Crippen molar-refractivity contribution in [3.8, 4) is 0 Å². The third kappa shape index (κ3) is 1.90. The van der Waals surface area contributed by atoms with Gasteiger partial charge in [0.25, 0.3) is 0 Å². The van der Waals surface area contributed by atoms with Crippen LogP contribution < -0.4 is 11.1 Å². The van der Waals surface area contributed by atoms with E-state index < -0.39 is 0 Å².